The first-order valence-corrected chi connectivity index (χ1v) is 21.8. The lowest BCUT2D eigenvalue weighted by Crippen LogP contribution is -2.25. The van der Waals surface area contributed by atoms with Crippen LogP contribution in [0.4, 0.5) is 17.1 Å². The largest absolute Gasteiger partial charge is 0.311 e. The van der Waals surface area contributed by atoms with E-state index in [0.29, 0.717) is 0 Å². The zero-order chi connectivity index (χ0) is 41.5. The summed E-state index contributed by atoms with van der Waals surface area (Å²) in [6.45, 7) is 0. The SMILES string of the molecule is c1ccc(N(c2ccc(-c3ccc(-n4c5ccccc5c5ccccc54)cc3)cc2)c2ccc(-c3ccc4c(c3)-c3ccccc3C43c4ccccc4-c4ccccc43)cc2)cc1. The van der Waals surface area contributed by atoms with E-state index < -0.39 is 0 Å². The molecule has 63 heavy (non-hydrogen) atoms. The molecular formula is C61H40N2. The topological polar surface area (TPSA) is 8.17 Å². The van der Waals surface area contributed by atoms with Crippen molar-refractivity contribution in [1.29, 1.82) is 0 Å². The van der Waals surface area contributed by atoms with Gasteiger partial charge in [0.15, 0.2) is 0 Å². The third-order valence-corrected chi connectivity index (χ3v) is 13.6. The van der Waals surface area contributed by atoms with Crippen LogP contribution in [0.1, 0.15) is 22.3 Å². The van der Waals surface area contributed by atoms with E-state index in [4.69, 9.17) is 0 Å². The number of rotatable bonds is 6. The van der Waals surface area contributed by atoms with Crippen molar-refractivity contribution >= 4 is 38.9 Å². The fraction of sp³-hybridized carbons (Fsp3) is 0.0164. The molecule has 13 rings (SSSR count). The summed E-state index contributed by atoms with van der Waals surface area (Å²) < 4.78 is 2.37. The summed E-state index contributed by atoms with van der Waals surface area (Å²) in [7, 11) is 0. The van der Waals surface area contributed by atoms with Gasteiger partial charge < -0.3 is 9.47 Å². The Hall–Kier alpha value is -8.20. The molecule has 2 nitrogen and oxygen atoms in total. The van der Waals surface area contributed by atoms with E-state index in [2.05, 4.69) is 252 Å². The van der Waals surface area contributed by atoms with Crippen LogP contribution in [0.5, 0.6) is 0 Å². The number of aromatic nitrogens is 1. The van der Waals surface area contributed by atoms with Gasteiger partial charge in [-0.05, 0) is 133 Å². The summed E-state index contributed by atoms with van der Waals surface area (Å²) >= 11 is 0. The lowest BCUT2D eigenvalue weighted by atomic mass is 9.70. The van der Waals surface area contributed by atoms with Crippen LogP contribution >= 0.6 is 0 Å². The van der Waals surface area contributed by atoms with Crippen LogP contribution in [-0.2, 0) is 5.41 Å². The minimum atomic E-state index is -0.329. The predicted octanol–water partition coefficient (Wildman–Crippen LogP) is 15.9. The van der Waals surface area contributed by atoms with Crippen LogP contribution in [0.15, 0.2) is 243 Å². The van der Waals surface area contributed by atoms with Crippen molar-refractivity contribution in [2.24, 2.45) is 0 Å². The van der Waals surface area contributed by atoms with Crippen molar-refractivity contribution in [2.45, 2.75) is 5.41 Å². The van der Waals surface area contributed by atoms with Gasteiger partial charge in [-0.1, -0.05) is 176 Å². The molecule has 0 N–H and O–H groups in total. The van der Waals surface area contributed by atoms with E-state index >= 15 is 0 Å². The van der Waals surface area contributed by atoms with Crippen molar-refractivity contribution in [3.8, 4) is 50.2 Å². The van der Waals surface area contributed by atoms with Gasteiger partial charge >= 0.3 is 0 Å². The normalized spacial score (nSPS) is 12.9. The smallest absolute Gasteiger partial charge is 0.0725 e. The lowest BCUT2D eigenvalue weighted by molar-refractivity contribution is 0.794. The van der Waals surface area contributed by atoms with Crippen LogP contribution in [0.2, 0.25) is 0 Å². The molecule has 10 aromatic carbocycles. The van der Waals surface area contributed by atoms with E-state index in [9.17, 15) is 0 Å². The number of benzene rings is 10. The Kier molecular flexibility index (Phi) is 7.85. The molecule has 0 unspecified atom stereocenters. The maximum Gasteiger partial charge on any atom is 0.0725 e. The second-order valence-corrected chi connectivity index (χ2v) is 16.8. The molecule has 1 spiro atoms. The molecule has 11 aromatic rings. The molecule has 294 valence electrons. The Bertz CT molecular complexity index is 3440. The highest BCUT2D eigenvalue weighted by atomic mass is 15.1. The number of anilines is 3. The zero-order valence-electron chi connectivity index (χ0n) is 34.5. The quantitative estimate of drug-likeness (QED) is 0.163. The minimum absolute atomic E-state index is 0.329. The third-order valence-electron chi connectivity index (χ3n) is 13.6. The maximum atomic E-state index is 2.42. The van der Waals surface area contributed by atoms with Crippen molar-refractivity contribution in [3.63, 3.8) is 0 Å². The van der Waals surface area contributed by atoms with E-state index in [-0.39, 0.29) is 5.41 Å². The molecule has 0 atom stereocenters. The Labute approximate surface area is 367 Å². The summed E-state index contributed by atoms with van der Waals surface area (Å²) in [5.41, 5.74) is 22.1. The van der Waals surface area contributed by atoms with E-state index in [1.165, 1.54) is 88.6 Å². The average molecular weight is 801 g/mol. The second kappa shape index (κ2) is 13.9. The highest BCUT2D eigenvalue weighted by Crippen LogP contribution is 2.63. The van der Waals surface area contributed by atoms with Crippen molar-refractivity contribution in [3.05, 3.63) is 265 Å². The van der Waals surface area contributed by atoms with E-state index in [1.54, 1.807) is 0 Å². The highest BCUT2D eigenvalue weighted by Gasteiger charge is 2.51. The maximum absolute atomic E-state index is 2.42. The fourth-order valence-electron chi connectivity index (χ4n) is 10.9. The van der Waals surface area contributed by atoms with Gasteiger partial charge in [0.05, 0.1) is 16.4 Å². The van der Waals surface area contributed by atoms with Crippen LogP contribution in [0.25, 0.3) is 72.0 Å². The number of para-hydroxylation sites is 3. The van der Waals surface area contributed by atoms with Gasteiger partial charge in [0.25, 0.3) is 0 Å². The molecule has 1 heterocycles. The van der Waals surface area contributed by atoms with E-state index in [0.717, 1.165) is 22.7 Å². The monoisotopic (exact) mass is 800 g/mol. The van der Waals surface area contributed by atoms with Gasteiger partial charge in [0.2, 0.25) is 0 Å². The zero-order valence-corrected chi connectivity index (χ0v) is 34.5. The molecule has 2 aliphatic rings. The van der Waals surface area contributed by atoms with E-state index in [1.807, 2.05) is 0 Å². The number of fused-ring (bicyclic) bond motifs is 13. The molecule has 0 radical (unpaired) electrons. The summed E-state index contributed by atoms with van der Waals surface area (Å²) in [6, 6.07) is 89.2. The summed E-state index contributed by atoms with van der Waals surface area (Å²) in [4.78, 5) is 2.34. The van der Waals surface area contributed by atoms with Gasteiger partial charge in [0.1, 0.15) is 0 Å². The molecule has 0 aliphatic heterocycles. The van der Waals surface area contributed by atoms with Crippen molar-refractivity contribution < 1.29 is 0 Å². The Morgan fingerprint density at radius 2 is 0.667 bits per heavy atom. The van der Waals surface area contributed by atoms with Crippen LogP contribution in [-0.4, -0.2) is 4.57 Å². The van der Waals surface area contributed by atoms with Gasteiger partial charge in [-0.2, -0.15) is 0 Å². The molecule has 0 fully saturated rings. The third kappa shape index (κ3) is 5.25. The molecular weight excluding hydrogens is 761 g/mol. The average Bonchev–Trinajstić information content (AvgIpc) is 3.97. The summed E-state index contributed by atoms with van der Waals surface area (Å²) in [5, 5.41) is 2.55. The van der Waals surface area contributed by atoms with Gasteiger partial charge in [0, 0.05) is 33.5 Å². The van der Waals surface area contributed by atoms with Gasteiger partial charge in [-0.3, -0.25) is 0 Å². The van der Waals surface area contributed by atoms with Gasteiger partial charge in [-0.15, -0.1) is 0 Å². The number of hydrogen-bond donors (Lipinski definition) is 0. The van der Waals surface area contributed by atoms with Gasteiger partial charge in [-0.25, -0.2) is 0 Å². The molecule has 2 heteroatoms. The van der Waals surface area contributed by atoms with Crippen molar-refractivity contribution in [2.75, 3.05) is 4.90 Å². The highest BCUT2D eigenvalue weighted by molar-refractivity contribution is 6.09. The number of hydrogen-bond acceptors (Lipinski definition) is 1. The van der Waals surface area contributed by atoms with Crippen LogP contribution < -0.4 is 4.90 Å². The van der Waals surface area contributed by atoms with Crippen LogP contribution in [0, 0.1) is 0 Å². The Balaban J connectivity index is 0.835. The predicted molar refractivity (Wildman–Crippen MR) is 263 cm³/mol. The first-order valence-electron chi connectivity index (χ1n) is 21.8. The summed E-state index contributed by atoms with van der Waals surface area (Å²) in [6.07, 6.45) is 0. The minimum Gasteiger partial charge on any atom is -0.311 e. The second-order valence-electron chi connectivity index (χ2n) is 16.8. The standard InChI is InChI=1S/C61H40N2/c1-2-14-45(15-3-1)62(46-33-26-41(27-34-46)42-28-37-48(38-29-42)63-59-24-12-7-19-52(59)53-20-8-13-25-60(53)63)47-35-30-43(31-36-47)44-32-39-58-54(40-44)51-18-6-11-23-57(51)61(58)55-21-9-4-16-49(55)50-17-5-10-22-56(50)61/h1-40H. The fourth-order valence-corrected chi connectivity index (χ4v) is 10.9. The molecule has 0 bridgehead atoms. The molecule has 0 saturated carbocycles. The Morgan fingerprint density at radius 3 is 1.21 bits per heavy atom. The molecule has 0 saturated heterocycles. The first kappa shape index (κ1) is 35.5. The molecule has 2 aliphatic carbocycles. The first-order chi connectivity index (χ1) is 31.3. The molecule has 0 amide bonds. The number of nitrogens with zero attached hydrogens (tertiary/aromatic N) is 2. The lowest BCUT2D eigenvalue weighted by Gasteiger charge is -2.30. The Morgan fingerprint density at radius 1 is 0.286 bits per heavy atom. The van der Waals surface area contributed by atoms with Crippen LogP contribution in [0.3, 0.4) is 0 Å². The summed E-state index contributed by atoms with van der Waals surface area (Å²) in [5.74, 6) is 0. The van der Waals surface area contributed by atoms with Crippen molar-refractivity contribution in [1.82, 2.24) is 4.57 Å². The molecule has 1 aromatic heterocycles.